The predicted molar refractivity (Wildman–Crippen MR) is 47.9 cm³/mol. The molecule has 0 aliphatic heterocycles. The first-order valence-corrected chi connectivity index (χ1v) is 4.94. The van der Waals surface area contributed by atoms with E-state index >= 15 is 0 Å². The molecule has 0 aromatic carbocycles. The summed E-state index contributed by atoms with van der Waals surface area (Å²) in [5.41, 5.74) is 0.0831. The number of hydrogen-bond acceptors (Lipinski definition) is 5. The average molecular weight is 213 g/mol. The lowest BCUT2D eigenvalue weighted by Crippen LogP contribution is -2.31. The van der Waals surface area contributed by atoms with Crippen LogP contribution in [0.5, 0.6) is 0 Å². The maximum Gasteiger partial charge on any atom is 0.435 e. The lowest BCUT2D eigenvalue weighted by molar-refractivity contribution is -0.809. The summed E-state index contributed by atoms with van der Waals surface area (Å²) in [6.45, 7) is 0. The third-order valence-electron chi connectivity index (χ3n) is 2.79. The van der Waals surface area contributed by atoms with E-state index < -0.39 is 10.7 Å². The van der Waals surface area contributed by atoms with Crippen molar-refractivity contribution in [3.8, 4) is 0 Å². The summed E-state index contributed by atoms with van der Waals surface area (Å²) in [5, 5.41) is 25.0. The van der Waals surface area contributed by atoms with Crippen LogP contribution in [0.1, 0.15) is 43.7 Å². The average Bonchev–Trinajstić information content (AvgIpc) is 2.61. The first kappa shape index (κ1) is 9.88. The number of aromatic nitrogens is 2. The van der Waals surface area contributed by atoms with Crippen LogP contribution in [0.3, 0.4) is 0 Å². The van der Waals surface area contributed by atoms with Crippen LogP contribution in [0.15, 0.2) is 4.63 Å². The van der Waals surface area contributed by atoms with Crippen molar-refractivity contribution in [2.45, 2.75) is 38.0 Å². The quantitative estimate of drug-likeness (QED) is 0.418. The fourth-order valence-electron chi connectivity index (χ4n) is 2.08. The van der Waals surface area contributed by atoms with Crippen molar-refractivity contribution in [1.82, 2.24) is 5.16 Å². The predicted octanol–water partition coefficient (Wildman–Crippen LogP) is 1.26. The number of rotatable bonds is 2. The molecule has 1 aliphatic carbocycles. The van der Waals surface area contributed by atoms with Gasteiger partial charge in [0.25, 0.3) is 5.69 Å². The minimum absolute atomic E-state index is 0.0806. The van der Waals surface area contributed by atoms with Crippen LogP contribution in [0.25, 0.3) is 0 Å². The van der Waals surface area contributed by atoms with Crippen LogP contribution < -0.4 is 4.90 Å². The molecule has 1 heterocycles. The lowest BCUT2D eigenvalue weighted by Gasteiger charge is -2.18. The molecule has 0 bridgehead atoms. The molecular weight excluding hydrogens is 202 g/mol. The third kappa shape index (κ3) is 1.77. The summed E-state index contributed by atoms with van der Waals surface area (Å²) in [6.07, 6.45) is 4.70. The van der Waals surface area contributed by atoms with Gasteiger partial charge in [0.2, 0.25) is 0 Å². The van der Waals surface area contributed by atoms with Gasteiger partial charge in [0, 0.05) is 5.92 Å². The topological polar surface area (TPSA) is 96.1 Å². The van der Waals surface area contributed by atoms with Crippen molar-refractivity contribution >= 4 is 5.82 Å². The summed E-state index contributed by atoms with van der Waals surface area (Å²) < 4.78 is 4.28. The molecule has 7 heteroatoms. The van der Waals surface area contributed by atoms with Gasteiger partial charge in [0.1, 0.15) is 0 Å². The van der Waals surface area contributed by atoms with Crippen molar-refractivity contribution in [3.05, 3.63) is 21.0 Å². The van der Waals surface area contributed by atoms with Crippen molar-refractivity contribution in [3.63, 3.8) is 0 Å². The molecule has 0 saturated heterocycles. The van der Waals surface area contributed by atoms with E-state index in [1.165, 1.54) is 0 Å². The highest BCUT2D eigenvalue weighted by Crippen LogP contribution is 2.34. The molecule has 0 radical (unpaired) electrons. The highest BCUT2D eigenvalue weighted by molar-refractivity contribution is 5.23. The SMILES string of the molecule is O=[N+]([O-])c1no[n+]([O-])c1C1CCCCC1. The Morgan fingerprint density at radius 1 is 1.40 bits per heavy atom. The van der Waals surface area contributed by atoms with Crippen molar-refractivity contribution in [2.75, 3.05) is 0 Å². The number of nitrogens with zero attached hydrogens (tertiary/aromatic N) is 3. The molecule has 0 unspecified atom stereocenters. The fraction of sp³-hybridized carbons (Fsp3) is 0.750. The van der Waals surface area contributed by atoms with E-state index in [2.05, 4.69) is 9.79 Å². The molecule has 1 fully saturated rings. The van der Waals surface area contributed by atoms with E-state index in [4.69, 9.17) is 0 Å². The molecule has 0 atom stereocenters. The van der Waals surface area contributed by atoms with Gasteiger partial charge in [-0.3, -0.25) is 4.63 Å². The van der Waals surface area contributed by atoms with Gasteiger partial charge in [0.15, 0.2) is 0 Å². The largest absolute Gasteiger partial charge is 0.435 e. The number of nitro groups is 1. The van der Waals surface area contributed by atoms with Crippen molar-refractivity contribution < 1.29 is 14.5 Å². The Hall–Kier alpha value is -1.66. The van der Waals surface area contributed by atoms with E-state index in [1.807, 2.05) is 0 Å². The summed E-state index contributed by atoms with van der Waals surface area (Å²) in [6, 6.07) is 0. The normalized spacial score (nSPS) is 17.9. The Kier molecular flexibility index (Phi) is 2.53. The van der Waals surface area contributed by atoms with E-state index in [1.54, 1.807) is 0 Å². The second-order valence-electron chi connectivity index (χ2n) is 3.73. The zero-order valence-corrected chi connectivity index (χ0v) is 8.09. The Morgan fingerprint density at radius 2 is 2.07 bits per heavy atom. The van der Waals surface area contributed by atoms with Crippen LogP contribution in [0.2, 0.25) is 0 Å². The Labute approximate surface area is 85.4 Å². The molecule has 0 N–H and O–H groups in total. The van der Waals surface area contributed by atoms with Gasteiger partial charge in [-0.15, -0.1) is 0 Å². The maximum absolute atomic E-state index is 11.2. The maximum atomic E-state index is 11.2. The standard InChI is InChI=1S/C8H11N3O4/c12-10(13)8-7(11(14)15-9-8)6-4-2-1-3-5-6/h6H,1-5H2. The molecule has 0 spiro atoms. The van der Waals surface area contributed by atoms with Crippen LogP contribution in [0, 0.1) is 15.3 Å². The van der Waals surface area contributed by atoms with E-state index in [0.717, 1.165) is 32.1 Å². The van der Waals surface area contributed by atoms with Crippen LogP contribution in [-0.2, 0) is 0 Å². The van der Waals surface area contributed by atoms with Gasteiger partial charge in [-0.1, -0.05) is 19.3 Å². The number of hydrogen-bond donors (Lipinski definition) is 0. The smallest absolute Gasteiger partial charge is 0.359 e. The lowest BCUT2D eigenvalue weighted by atomic mass is 9.87. The highest BCUT2D eigenvalue weighted by Gasteiger charge is 2.33. The second kappa shape index (κ2) is 3.84. The zero-order valence-electron chi connectivity index (χ0n) is 8.09. The molecule has 2 rings (SSSR count). The van der Waals surface area contributed by atoms with Gasteiger partial charge in [0.05, 0.1) is 5.16 Å². The van der Waals surface area contributed by atoms with E-state index in [9.17, 15) is 15.3 Å². The first-order valence-electron chi connectivity index (χ1n) is 4.94. The van der Waals surface area contributed by atoms with Gasteiger partial charge in [-0.25, -0.2) is 0 Å². The molecule has 7 nitrogen and oxygen atoms in total. The van der Waals surface area contributed by atoms with Crippen molar-refractivity contribution in [1.29, 1.82) is 0 Å². The van der Waals surface area contributed by atoms with Gasteiger partial charge in [-0.05, 0) is 22.7 Å². The van der Waals surface area contributed by atoms with Crippen molar-refractivity contribution in [2.24, 2.45) is 0 Å². The summed E-state index contributed by atoms with van der Waals surface area (Å²) >= 11 is 0. The van der Waals surface area contributed by atoms with Gasteiger partial charge >= 0.3 is 5.82 Å². The van der Waals surface area contributed by atoms with Gasteiger partial charge < -0.3 is 15.3 Å². The molecule has 1 aliphatic rings. The Morgan fingerprint density at radius 3 is 2.67 bits per heavy atom. The summed E-state index contributed by atoms with van der Waals surface area (Å²) in [5.74, 6) is -0.514. The second-order valence-corrected chi connectivity index (χ2v) is 3.73. The molecule has 82 valence electrons. The Bertz CT molecular complexity index is 370. The monoisotopic (exact) mass is 213 g/mol. The fourth-order valence-corrected chi connectivity index (χ4v) is 2.08. The molecule has 1 aromatic rings. The van der Waals surface area contributed by atoms with Crippen LogP contribution in [0.4, 0.5) is 5.82 Å². The van der Waals surface area contributed by atoms with Gasteiger partial charge in [-0.2, -0.15) is 0 Å². The molecule has 15 heavy (non-hydrogen) atoms. The first-order chi connectivity index (χ1) is 7.20. The molecule has 1 saturated carbocycles. The Balaban J connectivity index is 2.32. The van der Waals surface area contributed by atoms with E-state index in [0.29, 0.717) is 0 Å². The minimum Gasteiger partial charge on any atom is -0.359 e. The summed E-state index contributed by atoms with van der Waals surface area (Å²) in [4.78, 5) is 10.1. The van der Waals surface area contributed by atoms with Crippen LogP contribution >= 0.6 is 0 Å². The molecule has 1 aromatic heterocycles. The third-order valence-corrected chi connectivity index (χ3v) is 2.79. The van der Waals surface area contributed by atoms with E-state index in [-0.39, 0.29) is 16.5 Å². The minimum atomic E-state index is -0.665. The van der Waals surface area contributed by atoms with Crippen LogP contribution in [-0.4, -0.2) is 10.1 Å². The zero-order chi connectivity index (χ0) is 10.8. The molecular formula is C8H11N3O4. The summed E-state index contributed by atoms with van der Waals surface area (Å²) in [7, 11) is 0. The molecule has 0 amide bonds. The highest BCUT2D eigenvalue weighted by atomic mass is 16.8.